The van der Waals surface area contributed by atoms with Crippen LogP contribution in [-0.4, -0.2) is 30.1 Å². The van der Waals surface area contributed by atoms with Gasteiger partial charge in [0.05, 0.1) is 24.5 Å². The first-order valence-corrected chi connectivity index (χ1v) is 10.8. The molecule has 0 saturated carbocycles. The van der Waals surface area contributed by atoms with E-state index in [0.29, 0.717) is 18.8 Å². The Kier molecular flexibility index (Phi) is 4.08. The summed E-state index contributed by atoms with van der Waals surface area (Å²) in [4.78, 5) is 18.4. The van der Waals surface area contributed by atoms with E-state index in [0.717, 1.165) is 33.7 Å². The van der Waals surface area contributed by atoms with Crippen LogP contribution in [0.1, 0.15) is 32.9 Å². The van der Waals surface area contributed by atoms with Crippen molar-refractivity contribution in [3.05, 3.63) is 101 Å². The van der Waals surface area contributed by atoms with Crippen LogP contribution in [0.5, 0.6) is 0 Å². The van der Waals surface area contributed by atoms with E-state index in [-0.39, 0.29) is 5.91 Å². The fourth-order valence-electron chi connectivity index (χ4n) is 4.66. The predicted molar refractivity (Wildman–Crippen MR) is 124 cm³/mol. The third-order valence-corrected chi connectivity index (χ3v) is 6.21. The molecule has 0 unspecified atom stereocenters. The molecule has 3 aromatic heterocycles. The van der Waals surface area contributed by atoms with Crippen molar-refractivity contribution in [1.82, 2.24) is 24.2 Å². The van der Waals surface area contributed by atoms with Crippen LogP contribution in [0, 0.1) is 13.8 Å². The second-order valence-electron chi connectivity index (χ2n) is 8.47. The van der Waals surface area contributed by atoms with E-state index in [4.69, 9.17) is 5.10 Å². The monoisotopic (exact) mass is 421 g/mol. The minimum atomic E-state index is -0.00396. The first-order chi connectivity index (χ1) is 15.6. The standard InChI is InChI=1S/C26H23N5O/c1-17-9-10-24(18(2)13-17)31-25(29-11-5-6-12-29)20-15-30(16-23(20)28-31)26(32)22-14-19-7-3-4-8-21(19)27-22/h3-14,27H,15-16H2,1-2H3. The van der Waals surface area contributed by atoms with Gasteiger partial charge in [-0.15, -0.1) is 0 Å². The minimum Gasteiger partial charge on any atom is -0.351 e. The number of aromatic nitrogens is 4. The van der Waals surface area contributed by atoms with Crippen molar-refractivity contribution in [3.8, 4) is 11.5 Å². The van der Waals surface area contributed by atoms with Crippen LogP contribution in [0.15, 0.2) is 73.1 Å². The zero-order chi connectivity index (χ0) is 21.8. The minimum absolute atomic E-state index is 0.00396. The fraction of sp³-hybridized carbons (Fsp3) is 0.154. The molecular weight excluding hydrogens is 398 g/mol. The lowest BCUT2D eigenvalue weighted by Crippen LogP contribution is -2.26. The van der Waals surface area contributed by atoms with Gasteiger partial charge in [-0.2, -0.15) is 5.10 Å². The number of rotatable bonds is 3. The summed E-state index contributed by atoms with van der Waals surface area (Å²) in [6.07, 6.45) is 4.05. The highest BCUT2D eigenvalue weighted by Crippen LogP contribution is 2.32. The molecule has 0 bridgehead atoms. The lowest BCUT2D eigenvalue weighted by molar-refractivity contribution is 0.0744. The van der Waals surface area contributed by atoms with Gasteiger partial charge in [-0.1, -0.05) is 35.9 Å². The van der Waals surface area contributed by atoms with E-state index >= 15 is 0 Å². The van der Waals surface area contributed by atoms with Crippen molar-refractivity contribution in [2.75, 3.05) is 0 Å². The zero-order valence-electron chi connectivity index (χ0n) is 18.0. The number of benzene rings is 2. The van der Waals surface area contributed by atoms with Crippen molar-refractivity contribution in [1.29, 1.82) is 0 Å². The number of amides is 1. The number of hydrogen-bond acceptors (Lipinski definition) is 2. The third-order valence-electron chi connectivity index (χ3n) is 6.21. The maximum atomic E-state index is 13.3. The lowest BCUT2D eigenvalue weighted by Gasteiger charge is -2.17. The number of nitrogens with one attached hydrogen (secondary N) is 1. The average molecular weight is 422 g/mol. The molecule has 0 aliphatic carbocycles. The van der Waals surface area contributed by atoms with Gasteiger partial charge in [0.25, 0.3) is 5.91 Å². The van der Waals surface area contributed by atoms with Crippen molar-refractivity contribution in [2.24, 2.45) is 0 Å². The van der Waals surface area contributed by atoms with Crippen LogP contribution in [0.4, 0.5) is 0 Å². The van der Waals surface area contributed by atoms with Gasteiger partial charge in [0, 0.05) is 28.9 Å². The number of H-pyrrole nitrogens is 1. The molecule has 1 aliphatic heterocycles. The smallest absolute Gasteiger partial charge is 0.270 e. The highest BCUT2D eigenvalue weighted by Gasteiger charge is 2.32. The first-order valence-electron chi connectivity index (χ1n) is 10.8. The number of aryl methyl sites for hydroxylation is 2. The predicted octanol–water partition coefficient (Wildman–Crippen LogP) is 4.92. The quantitative estimate of drug-likeness (QED) is 0.450. The van der Waals surface area contributed by atoms with Crippen LogP contribution in [0.3, 0.4) is 0 Å². The van der Waals surface area contributed by atoms with Crippen LogP contribution < -0.4 is 0 Å². The van der Waals surface area contributed by atoms with Crippen LogP contribution >= 0.6 is 0 Å². The van der Waals surface area contributed by atoms with Gasteiger partial charge in [0.15, 0.2) is 0 Å². The number of nitrogens with zero attached hydrogens (tertiary/aromatic N) is 4. The van der Waals surface area contributed by atoms with E-state index in [9.17, 15) is 4.79 Å². The molecule has 6 nitrogen and oxygen atoms in total. The van der Waals surface area contributed by atoms with Gasteiger partial charge in [0.1, 0.15) is 11.5 Å². The Hall–Kier alpha value is -4.06. The average Bonchev–Trinajstić information content (AvgIpc) is 3.55. The van der Waals surface area contributed by atoms with Gasteiger partial charge in [-0.25, -0.2) is 4.68 Å². The summed E-state index contributed by atoms with van der Waals surface area (Å²) >= 11 is 0. The highest BCUT2D eigenvalue weighted by molar-refractivity contribution is 5.98. The SMILES string of the molecule is Cc1ccc(-n2nc3c(c2-n2cccc2)CN(C(=O)c2cc4ccccc4[nH]2)C3)c(C)c1. The molecule has 1 aliphatic rings. The Balaban J connectivity index is 1.40. The number of hydrogen-bond donors (Lipinski definition) is 1. The van der Waals surface area contributed by atoms with E-state index in [1.807, 2.05) is 64.4 Å². The Morgan fingerprint density at radius 3 is 2.56 bits per heavy atom. The molecule has 0 atom stereocenters. The number of para-hydroxylation sites is 1. The van der Waals surface area contributed by atoms with Crippen molar-refractivity contribution < 1.29 is 4.79 Å². The summed E-state index contributed by atoms with van der Waals surface area (Å²) in [7, 11) is 0. The van der Waals surface area contributed by atoms with Gasteiger partial charge in [-0.05, 0) is 49.7 Å². The molecule has 6 heteroatoms. The number of fused-ring (bicyclic) bond motifs is 2. The molecule has 0 fully saturated rings. The van der Waals surface area contributed by atoms with E-state index < -0.39 is 0 Å². The molecule has 32 heavy (non-hydrogen) atoms. The first kappa shape index (κ1) is 18.7. The Bertz CT molecular complexity index is 1440. The van der Waals surface area contributed by atoms with Crippen LogP contribution in [0.2, 0.25) is 0 Å². The molecule has 0 radical (unpaired) electrons. The maximum Gasteiger partial charge on any atom is 0.270 e. The Morgan fingerprint density at radius 1 is 0.969 bits per heavy atom. The van der Waals surface area contributed by atoms with Crippen molar-refractivity contribution >= 4 is 16.8 Å². The molecule has 5 aromatic rings. The second-order valence-corrected chi connectivity index (χ2v) is 8.47. The summed E-state index contributed by atoms with van der Waals surface area (Å²) < 4.78 is 4.10. The largest absolute Gasteiger partial charge is 0.351 e. The molecule has 0 spiro atoms. The Labute approximate surface area is 185 Å². The van der Waals surface area contributed by atoms with Crippen LogP contribution in [-0.2, 0) is 13.1 Å². The molecule has 4 heterocycles. The number of carbonyl (C=O) groups is 1. The van der Waals surface area contributed by atoms with Crippen LogP contribution in [0.25, 0.3) is 22.4 Å². The third kappa shape index (κ3) is 2.87. The topological polar surface area (TPSA) is 58.9 Å². The lowest BCUT2D eigenvalue weighted by atomic mass is 10.1. The summed E-state index contributed by atoms with van der Waals surface area (Å²) in [6.45, 7) is 5.23. The molecule has 2 aromatic carbocycles. The Morgan fingerprint density at radius 2 is 1.78 bits per heavy atom. The summed E-state index contributed by atoms with van der Waals surface area (Å²) in [5.74, 6) is 0.986. The fourth-order valence-corrected chi connectivity index (χ4v) is 4.66. The summed E-state index contributed by atoms with van der Waals surface area (Å²) in [5.41, 5.74) is 7.07. The molecule has 1 N–H and O–H groups in total. The van der Waals surface area contributed by atoms with Crippen molar-refractivity contribution in [2.45, 2.75) is 26.9 Å². The maximum absolute atomic E-state index is 13.3. The summed E-state index contributed by atoms with van der Waals surface area (Å²) in [5, 5.41) is 6.01. The summed E-state index contributed by atoms with van der Waals surface area (Å²) in [6, 6.07) is 20.3. The zero-order valence-corrected chi connectivity index (χ0v) is 18.0. The second kappa shape index (κ2) is 6.99. The molecule has 158 valence electrons. The molecule has 1 amide bonds. The number of carbonyl (C=O) groups excluding carboxylic acids is 1. The molecule has 6 rings (SSSR count). The van der Waals surface area contributed by atoms with E-state index in [1.165, 1.54) is 11.1 Å². The highest BCUT2D eigenvalue weighted by atomic mass is 16.2. The number of aromatic amines is 1. The van der Waals surface area contributed by atoms with E-state index in [1.54, 1.807) is 0 Å². The van der Waals surface area contributed by atoms with Gasteiger partial charge in [-0.3, -0.25) is 4.79 Å². The van der Waals surface area contributed by atoms with E-state index in [2.05, 4.69) is 41.6 Å². The van der Waals surface area contributed by atoms with Gasteiger partial charge in [0.2, 0.25) is 0 Å². The van der Waals surface area contributed by atoms with Gasteiger partial charge >= 0.3 is 0 Å². The van der Waals surface area contributed by atoms with Gasteiger partial charge < -0.3 is 14.5 Å². The molecular formula is C26H23N5O. The normalized spacial score (nSPS) is 13.1. The van der Waals surface area contributed by atoms with Crippen molar-refractivity contribution in [3.63, 3.8) is 0 Å². The molecule has 0 saturated heterocycles.